The third-order valence-corrected chi connectivity index (χ3v) is 5.12. The molecule has 0 heterocycles. The van der Waals surface area contributed by atoms with Crippen LogP contribution in [0.3, 0.4) is 0 Å². The Labute approximate surface area is 178 Å². The molecular formula is C22H24BrNO5. The highest BCUT2D eigenvalue weighted by Gasteiger charge is 2.20. The lowest BCUT2D eigenvalue weighted by molar-refractivity contribution is -0.152. The Balaban J connectivity index is 1.83. The number of hydrogen-bond acceptors (Lipinski definition) is 5. The predicted molar refractivity (Wildman–Crippen MR) is 113 cm³/mol. The summed E-state index contributed by atoms with van der Waals surface area (Å²) in [5.74, 6) is -0.698. The number of ketones is 1. The summed E-state index contributed by atoms with van der Waals surface area (Å²) in [6, 6.07) is 14.5. The molecule has 0 aliphatic rings. The van der Waals surface area contributed by atoms with Gasteiger partial charge in [0.2, 0.25) is 0 Å². The van der Waals surface area contributed by atoms with Crippen molar-refractivity contribution >= 4 is 33.6 Å². The van der Waals surface area contributed by atoms with Gasteiger partial charge in [-0.15, -0.1) is 0 Å². The monoisotopic (exact) mass is 461 g/mol. The van der Waals surface area contributed by atoms with E-state index in [0.717, 1.165) is 10.0 Å². The standard InChI is InChI=1S/C22H24BrNO5/c1-15(16-7-5-4-6-8-16)24(2)21(26)14-29-22(27)12-10-19(25)18-13-17(23)9-11-20(18)28-3/h4-9,11,13,15H,10,12,14H2,1-3H3. The molecule has 2 rings (SSSR count). The molecule has 0 radical (unpaired) electrons. The van der Waals surface area contributed by atoms with Crippen molar-refractivity contribution in [3.05, 3.63) is 64.1 Å². The van der Waals surface area contributed by atoms with Crippen molar-refractivity contribution in [1.29, 1.82) is 0 Å². The number of carbonyl (C=O) groups excluding carboxylic acids is 3. The molecule has 1 unspecified atom stereocenters. The Hall–Kier alpha value is -2.67. The van der Waals surface area contributed by atoms with E-state index in [0.29, 0.717) is 11.3 Å². The average molecular weight is 462 g/mol. The van der Waals surface area contributed by atoms with Crippen LogP contribution in [0.4, 0.5) is 0 Å². The second-order valence-electron chi connectivity index (χ2n) is 6.52. The summed E-state index contributed by atoms with van der Waals surface area (Å²) in [5.41, 5.74) is 1.38. The molecule has 0 spiro atoms. The zero-order valence-electron chi connectivity index (χ0n) is 16.7. The number of carbonyl (C=O) groups is 3. The summed E-state index contributed by atoms with van der Waals surface area (Å²) >= 11 is 3.32. The Morgan fingerprint density at radius 1 is 1.07 bits per heavy atom. The zero-order chi connectivity index (χ0) is 21.4. The first-order chi connectivity index (χ1) is 13.8. The molecular weight excluding hydrogens is 438 g/mol. The highest BCUT2D eigenvalue weighted by Crippen LogP contribution is 2.24. The molecule has 7 heteroatoms. The topological polar surface area (TPSA) is 72.9 Å². The molecule has 0 aliphatic carbocycles. The minimum Gasteiger partial charge on any atom is -0.496 e. The minimum atomic E-state index is -0.596. The van der Waals surface area contributed by atoms with Crippen LogP contribution in [0.5, 0.6) is 5.75 Å². The molecule has 2 aromatic rings. The number of rotatable bonds is 9. The second kappa shape index (κ2) is 10.8. The Bertz CT molecular complexity index is 869. The van der Waals surface area contributed by atoms with Crippen molar-refractivity contribution < 1.29 is 23.9 Å². The van der Waals surface area contributed by atoms with Gasteiger partial charge in [-0.25, -0.2) is 0 Å². The number of nitrogens with zero attached hydrogens (tertiary/aromatic N) is 1. The molecule has 2 aromatic carbocycles. The van der Waals surface area contributed by atoms with Gasteiger partial charge in [-0.1, -0.05) is 46.3 Å². The zero-order valence-corrected chi connectivity index (χ0v) is 18.3. The minimum absolute atomic E-state index is 0.0317. The molecule has 0 fully saturated rings. The molecule has 0 aliphatic heterocycles. The highest BCUT2D eigenvalue weighted by atomic mass is 79.9. The number of benzene rings is 2. The van der Waals surface area contributed by atoms with Gasteiger partial charge in [0.25, 0.3) is 5.91 Å². The van der Waals surface area contributed by atoms with Crippen LogP contribution < -0.4 is 4.74 Å². The van der Waals surface area contributed by atoms with Crippen LogP contribution in [-0.4, -0.2) is 43.3 Å². The molecule has 0 bridgehead atoms. The van der Waals surface area contributed by atoms with E-state index < -0.39 is 5.97 Å². The van der Waals surface area contributed by atoms with Gasteiger partial charge in [0.1, 0.15) is 5.75 Å². The fourth-order valence-corrected chi connectivity index (χ4v) is 3.10. The molecule has 1 amide bonds. The maximum atomic E-state index is 12.4. The molecule has 29 heavy (non-hydrogen) atoms. The van der Waals surface area contributed by atoms with Gasteiger partial charge < -0.3 is 14.4 Å². The second-order valence-corrected chi connectivity index (χ2v) is 7.44. The normalized spacial score (nSPS) is 11.4. The van der Waals surface area contributed by atoms with Crippen LogP contribution in [0.2, 0.25) is 0 Å². The van der Waals surface area contributed by atoms with E-state index >= 15 is 0 Å². The maximum Gasteiger partial charge on any atom is 0.306 e. The fraction of sp³-hybridized carbons (Fsp3) is 0.318. The lowest BCUT2D eigenvalue weighted by atomic mass is 10.1. The third-order valence-electron chi connectivity index (χ3n) is 4.63. The van der Waals surface area contributed by atoms with Gasteiger partial charge in [-0.05, 0) is 30.7 Å². The van der Waals surface area contributed by atoms with Gasteiger partial charge in [-0.3, -0.25) is 14.4 Å². The average Bonchev–Trinajstić information content (AvgIpc) is 2.75. The third kappa shape index (κ3) is 6.42. The van der Waals surface area contributed by atoms with E-state index in [4.69, 9.17) is 9.47 Å². The molecule has 0 N–H and O–H groups in total. The van der Waals surface area contributed by atoms with Crippen LogP contribution >= 0.6 is 15.9 Å². The van der Waals surface area contributed by atoms with E-state index in [-0.39, 0.29) is 37.2 Å². The van der Waals surface area contributed by atoms with Crippen LogP contribution in [0.1, 0.15) is 41.7 Å². The smallest absolute Gasteiger partial charge is 0.306 e. The van der Waals surface area contributed by atoms with Crippen molar-refractivity contribution in [2.24, 2.45) is 0 Å². The lowest BCUT2D eigenvalue weighted by Gasteiger charge is -2.25. The molecule has 6 nitrogen and oxygen atoms in total. The number of likely N-dealkylation sites (N-methyl/N-ethyl adjacent to an activating group) is 1. The van der Waals surface area contributed by atoms with Crippen molar-refractivity contribution in [1.82, 2.24) is 4.90 Å². The molecule has 1 atom stereocenters. The summed E-state index contributed by atoms with van der Waals surface area (Å²) in [7, 11) is 3.14. The Morgan fingerprint density at radius 3 is 2.41 bits per heavy atom. The maximum absolute atomic E-state index is 12.4. The van der Waals surface area contributed by atoms with Gasteiger partial charge in [0.15, 0.2) is 12.4 Å². The van der Waals surface area contributed by atoms with Crippen molar-refractivity contribution in [2.45, 2.75) is 25.8 Å². The number of Topliss-reactive ketones (excluding diaryl/α,β-unsaturated/α-hetero) is 1. The molecule has 0 aromatic heterocycles. The van der Waals surface area contributed by atoms with Crippen LogP contribution in [0.25, 0.3) is 0 Å². The number of amides is 1. The number of esters is 1. The summed E-state index contributed by atoms with van der Waals surface area (Å²) in [4.78, 5) is 38.2. The van der Waals surface area contributed by atoms with Gasteiger partial charge in [-0.2, -0.15) is 0 Å². The number of halogens is 1. The number of hydrogen-bond donors (Lipinski definition) is 0. The molecule has 0 saturated heterocycles. The highest BCUT2D eigenvalue weighted by molar-refractivity contribution is 9.10. The molecule has 154 valence electrons. The van der Waals surface area contributed by atoms with Crippen molar-refractivity contribution in [3.63, 3.8) is 0 Å². The quantitative estimate of drug-likeness (QED) is 0.413. The van der Waals surface area contributed by atoms with E-state index in [2.05, 4.69) is 15.9 Å². The van der Waals surface area contributed by atoms with E-state index in [1.165, 1.54) is 12.0 Å². The first-order valence-corrected chi connectivity index (χ1v) is 9.95. The van der Waals surface area contributed by atoms with Crippen molar-refractivity contribution in [3.8, 4) is 5.75 Å². The number of methoxy groups -OCH3 is 1. The van der Waals surface area contributed by atoms with Crippen LogP contribution in [0, 0.1) is 0 Å². The van der Waals surface area contributed by atoms with Gasteiger partial charge in [0.05, 0.1) is 25.1 Å². The summed E-state index contributed by atoms with van der Waals surface area (Å²) in [6.45, 7) is 1.54. The first-order valence-electron chi connectivity index (χ1n) is 9.16. The van der Waals surface area contributed by atoms with E-state index in [1.54, 1.807) is 25.2 Å². The Morgan fingerprint density at radius 2 is 1.76 bits per heavy atom. The summed E-state index contributed by atoms with van der Waals surface area (Å²) in [5, 5.41) is 0. The van der Waals surface area contributed by atoms with Crippen molar-refractivity contribution in [2.75, 3.05) is 20.8 Å². The van der Waals surface area contributed by atoms with Gasteiger partial charge >= 0.3 is 5.97 Å². The van der Waals surface area contributed by atoms with Crippen LogP contribution in [-0.2, 0) is 14.3 Å². The fourth-order valence-electron chi connectivity index (χ4n) is 2.74. The van der Waals surface area contributed by atoms with E-state index in [1.807, 2.05) is 37.3 Å². The largest absolute Gasteiger partial charge is 0.496 e. The lowest BCUT2D eigenvalue weighted by Crippen LogP contribution is -2.33. The van der Waals surface area contributed by atoms with Gasteiger partial charge in [0, 0.05) is 17.9 Å². The molecule has 0 saturated carbocycles. The predicted octanol–water partition coefficient (Wildman–Crippen LogP) is 4.18. The van der Waals surface area contributed by atoms with E-state index in [9.17, 15) is 14.4 Å². The SMILES string of the molecule is COc1ccc(Br)cc1C(=O)CCC(=O)OCC(=O)N(C)C(C)c1ccccc1. The first kappa shape index (κ1) is 22.6. The Kier molecular flexibility index (Phi) is 8.39. The number of ether oxygens (including phenoxy) is 2. The van der Waals surface area contributed by atoms with Crippen LogP contribution in [0.15, 0.2) is 53.0 Å². The summed E-state index contributed by atoms with van der Waals surface area (Å²) in [6.07, 6.45) is -0.143. The summed E-state index contributed by atoms with van der Waals surface area (Å²) < 4.78 is 11.0.